The first-order valence-corrected chi connectivity index (χ1v) is 5.20. The molecule has 1 aromatic carbocycles. The summed E-state index contributed by atoms with van der Waals surface area (Å²) in [5.41, 5.74) is 0.199. The van der Waals surface area contributed by atoms with Crippen LogP contribution < -0.4 is 10.3 Å². The van der Waals surface area contributed by atoms with Gasteiger partial charge in [-0.3, -0.25) is 4.79 Å². The van der Waals surface area contributed by atoms with Crippen molar-refractivity contribution in [1.82, 2.24) is 9.97 Å². The van der Waals surface area contributed by atoms with Gasteiger partial charge >= 0.3 is 0 Å². The number of hydrogen-bond donors (Lipinski definition) is 3. The molecule has 0 radical (unpaired) electrons. The second-order valence-corrected chi connectivity index (χ2v) is 3.75. The Morgan fingerprint density at radius 1 is 1.33 bits per heavy atom. The predicted octanol–water partition coefficient (Wildman–Crippen LogP) is 1.17. The van der Waals surface area contributed by atoms with Crippen molar-refractivity contribution in [2.24, 2.45) is 0 Å². The summed E-state index contributed by atoms with van der Waals surface area (Å²) in [6, 6.07) is 4.55. The molecule has 0 fully saturated rings. The summed E-state index contributed by atoms with van der Waals surface area (Å²) in [7, 11) is 1.44. The molecule has 0 atom stereocenters. The Kier molecular flexibility index (Phi) is 2.93. The van der Waals surface area contributed by atoms with E-state index in [2.05, 4.69) is 9.97 Å². The molecule has 3 N–H and O–H groups in total. The lowest BCUT2D eigenvalue weighted by Crippen LogP contribution is -2.12. The maximum atomic E-state index is 11.5. The van der Waals surface area contributed by atoms with Crippen LogP contribution in [-0.4, -0.2) is 27.3 Å². The minimum absolute atomic E-state index is 0.0716. The maximum Gasteiger partial charge on any atom is 0.257 e. The fourth-order valence-electron chi connectivity index (χ4n) is 1.49. The second kappa shape index (κ2) is 4.40. The van der Waals surface area contributed by atoms with Gasteiger partial charge in [0.2, 0.25) is 5.88 Å². The molecule has 6 heteroatoms. The molecule has 1 heterocycles. The Morgan fingerprint density at radius 3 is 2.61 bits per heavy atom. The van der Waals surface area contributed by atoms with Crippen molar-refractivity contribution in [3.05, 3.63) is 34.1 Å². The highest BCUT2D eigenvalue weighted by Crippen LogP contribution is 2.30. The molecule has 2 aromatic rings. The van der Waals surface area contributed by atoms with Gasteiger partial charge in [-0.15, -0.1) is 0 Å². The van der Waals surface area contributed by atoms with E-state index in [1.165, 1.54) is 20.1 Å². The fraction of sp³-hybridized carbons (Fsp3) is 0.167. The van der Waals surface area contributed by atoms with Gasteiger partial charge in [0.25, 0.3) is 5.56 Å². The highest BCUT2D eigenvalue weighted by molar-refractivity contribution is 5.61. The molecule has 0 amide bonds. The molecule has 18 heavy (non-hydrogen) atoms. The smallest absolute Gasteiger partial charge is 0.257 e. The van der Waals surface area contributed by atoms with Crippen LogP contribution in [0, 0.1) is 6.92 Å². The van der Waals surface area contributed by atoms with Gasteiger partial charge in [-0.05, 0) is 25.1 Å². The van der Waals surface area contributed by atoms with E-state index in [1.807, 2.05) is 0 Å². The number of H-pyrrole nitrogens is 1. The van der Waals surface area contributed by atoms with E-state index in [4.69, 9.17) is 4.74 Å². The SMILES string of the molecule is COc1ccc(-c2nc(O)c(C)c(=O)[nH]2)cc1O. The molecule has 0 aliphatic rings. The third-order valence-electron chi connectivity index (χ3n) is 2.58. The molecule has 94 valence electrons. The van der Waals surface area contributed by atoms with Gasteiger partial charge in [-0.25, -0.2) is 0 Å². The Hall–Kier alpha value is -2.50. The van der Waals surface area contributed by atoms with E-state index in [0.717, 1.165) is 0 Å². The Labute approximate surface area is 103 Å². The minimum Gasteiger partial charge on any atom is -0.504 e. The lowest BCUT2D eigenvalue weighted by molar-refractivity contribution is 0.373. The van der Waals surface area contributed by atoms with Crippen LogP contribution in [0.25, 0.3) is 11.4 Å². The number of nitrogens with one attached hydrogen (secondary N) is 1. The average Bonchev–Trinajstić information content (AvgIpc) is 2.35. The quantitative estimate of drug-likeness (QED) is 0.741. The topological polar surface area (TPSA) is 95.4 Å². The fourth-order valence-corrected chi connectivity index (χ4v) is 1.49. The van der Waals surface area contributed by atoms with Crippen LogP contribution in [0.2, 0.25) is 0 Å². The number of nitrogens with zero attached hydrogens (tertiary/aromatic N) is 1. The zero-order valence-corrected chi connectivity index (χ0v) is 9.89. The molecular formula is C12H12N2O4. The second-order valence-electron chi connectivity index (χ2n) is 3.75. The summed E-state index contributed by atoms with van der Waals surface area (Å²) in [6.45, 7) is 1.47. The molecule has 1 aromatic heterocycles. The number of phenolic OH excluding ortho intramolecular Hbond substituents is 1. The van der Waals surface area contributed by atoms with Crippen molar-refractivity contribution in [3.8, 4) is 28.8 Å². The zero-order chi connectivity index (χ0) is 13.3. The van der Waals surface area contributed by atoms with Crippen molar-refractivity contribution in [1.29, 1.82) is 0 Å². The number of hydrogen-bond acceptors (Lipinski definition) is 5. The molecule has 0 saturated carbocycles. The van der Waals surface area contributed by atoms with Crippen LogP contribution >= 0.6 is 0 Å². The van der Waals surface area contributed by atoms with Crippen molar-refractivity contribution >= 4 is 0 Å². The van der Waals surface area contributed by atoms with Crippen LogP contribution in [0.5, 0.6) is 17.4 Å². The summed E-state index contributed by atoms with van der Waals surface area (Å²) >= 11 is 0. The monoisotopic (exact) mass is 248 g/mol. The summed E-state index contributed by atoms with van der Waals surface area (Å²) in [6.07, 6.45) is 0. The third-order valence-corrected chi connectivity index (χ3v) is 2.58. The highest BCUT2D eigenvalue weighted by atomic mass is 16.5. The largest absolute Gasteiger partial charge is 0.504 e. The third kappa shape index (κ3) is 2.00. The molecule has 0 aliphatic carbocycles. The lowest BCUT2D eigenvalue weighted by Gasteiger charge is -2.06. The van der Waals surface area contributed by atoms with Crippen LogP contribution in [-0.2, 0) is 0 Å². The normalized spacial score (nSPS) is 10.3. The molecule has 0 saturated heterocycles. The average molecular weight is 248 g/mol. The molecule has 0 spiro atoms. The summed E-state index contributed by atoms with van der Waals surface area (Å²) in [4.78, 5) is 17.9. The Morgan fingerprint density at radius 2 is 2.06 bits per heavy atom. The van der Waals surface area contributed by atoms with Crippen LogP contribution in [0.1, 0.15) is 5.56 Å². The highest BCUT2D eigenvalue weighted by Gasteiger charge is 2.10. The summed E-state index contributed by atoms with van der Waals surface area (Å²) < 4.78 is 4.91. The number of ether oxygens (including phenoxy) is 1. The van der Waals surface area contributed by atoms with Gasteiger partial charge in [0.15, 0.2) is 11.5 Å². The molecule has 2 rings (SSSR count). The van der Waals surface area contributed by atoms with E-state index in [9.17, 15) is 15.0 Å². The van der Waals surface area contributed by atoms with Crippen LogP contribution in [0.15, 0.2) is 23.0 Å². The summed E-state index contributed by atoms with van der Waals surface area (Å²) in [5.74, 6) is 0.0975. The molecule has 0 bridgehead atoms. The van der Waals surface area contributed by atoms with Crippen LogP contribution in [0.3, 0.4) is 0 Å². The van der Waals surface area contributed by atoms with Gasteiger partial charge < -0.3 is 19.9 Å². The van der Waals surface area contributed by atoms with Gasteiger partial charge in [0.05, 0.1) is 12.7 Å². The van der Waals surface area contributed by atoms with Crippen molar-refractivity contribution in [2.75, 3.05) is 7.11 Å². The number of aromatic nitrogens is 2. The van der Waals surface area contributed by atoms with Crippen molar-refractivity contribution < 1.29 is 14.9 Å². The van der Waals surface area contributed by atoms with Crippen molar-refractivity contribution in [3.63, 3.8) is 0 Å². The van der Waals surface area contributed by atoms with Crippen molar-refractivity contribution in [2.45, 2.75) is 6.92 Å². The number of rotatable bonds is 2. The Balaban J connectivity index is 2.56. The van der Waals surface area contributed by atoms with Gasteiger partial charge in [-0.2, -0.15) is 4.98 Å². The standard InChI is InChI=1S/C12H12N2O4/c1-6-11(16)13-10(14-12(6)17)7-3-4-9(18-2)8(15)5-7/h3-5,15H,1-2H3,(H2,13,14,16,17). The Bertz CT molecular complexity index is 649. The number of benzene rings is 1. The number of aromatic hydroxyl groups is 2. The predicted molar refractivity (Wildman–Crippen MR) is 64.9 cm³/mol. The van der Waals surface area contributed by atoms with Gasteiger partial charge in [-0.1, -0.05) is 0 Å². The number of phenols is 1. The van der Waals surface area contributed by atoms with Gasteiger partial charge in [0.1, 0.15) is 5.82 Å². The minimum atomic E-state index is -0.423. The van der Waals surface area contributed by atoms with E-state index in [-0.39, 0.29) is 23.0 Å². The lowest BCUT2D eigenvalue weighted by atomic mass is 10.2. The van der Waals surface area contributed by atoms with E-state index < -0.39 is 5.56 Å². The first kappa shape index (κ1) is 12.0. The van der Waals surface area contributed by atoms with E-state index in [0.29, 0.717) is 11.3 Å². The first-order valence-electron chi connectivity index (χ1n) is 5.20. The summed E-state index contributed by atoms with van der Waals surface area (Å²) in [5, 5.41) is 19.1. The first-order chi connectivity index (χ1) is 8.52. The zero-order valence-electron chi connectivity index (χ0n) is 9.89. The van der Waals surface area contributed by atoms with E-state index >= 15 is 0 Å². The molecular weight excluding hydrogens is 236 g/mol. The maximum absolute atomic E-state index is 11.5. The number of aromatic amines is 1. The molecule has 6 nitrogen and oxygen atoms in total. The van der Waals surface area contributed by atoms with Crippen LogP contribution in [0.4, 0.5) is 0 Å². The molecule has 0 aliphatic heterocycles. The van der Waals surface area contributed by atoms with E-state index in [1.54, 1.807) is 12.1 Å². The number of methoxy groups -OCH3 is 1. The van der Waals surface area contributed by atoms with Gasteiger partial charge in [0, 0.05) is 5.56 Å². The molecule has 0 unspecified atom stereocenters.